The van der Waals surface area contributed by atoms with Gasteiger partial charge >= 0.3 is 0 Å². The maximum Gasteiger partial charge on any atom is 0.191 e. The lowest BCUT2D eigenvalue weighted by Gasteiger charge is -2.05. The number of benzene rings is 1. The fourth-order valence-corrected chi connectivity index (χ4v) is 3.45. The summed E-state index contributed by atoms with van der Waals surface area (Å²) in [5, 5.41) is 9.17. The van der Waals surface area contributed by atoms with Crippen LogP contribution < -0.4 is 0 Å². The number of carbonyl (C=O) groups excluding carboxylic acids is 1. The number of nitrogens with zero attached hydrogens (tertiary/aromatic N) is 4. The summed E-state index contributed by atoms with van der Waals surface area (Å²) >= 11 is 1.41. The molecule has 0 radical (unpaired) electrons. The number of carbonyl (C=O) groups is 1. The average molecular weight is 366 g/mol. The first-order valence-corrected chi connectivity index (χ1v) is 9.72. The highest BCUT2D eigenvalue weighted by Gasteiger charge is 2.13. The maximum atomic E-state index is 12.4. The van der Waals surface area contributed by atoms with Gasteiger partial charge in [0, 0.05) is 30.6 Å². The fourth-order valence-electron chi connectivity index (χ4n) is 2.64. The van der Waals surface area contributed by atoms with Crippen LogP contribution in [0.25, 0.3) is 11.4 Å². The number of pyridine rings is 1. The Morgan fingerprint density at radius 1 is 1.08 bits per heavy atom. The molecule has 0 bridgehead atoms. The normalized spacial score (nSPS) is 10.8. The zero-order chi connectivity index (χ0) is 18.4. The molecule has 0 spiro atoms. The molecule has 3 rings (SSSR count). The molecule has 5 nitrogen and oxygen atoms in total. The third-order valence-corrected chi connectivity index (χ3v) is 5.22. The molecule has 0 saturated heterocycles. The van der Waals surface area contributed by atoms with Crippen LogP contribution in [0.4, 0.5) is 0 Å². The van der Waals surface area contributed by atoms with Gasteiger partial charge in [0.05, 0.1) is 5.75 Å². The van der Waals surface area contributed by atoms with Gasteiger partial charge < -0.3 is 4.57 Å². The Morgan fingerprint density at radius 2 is 1.81 bits per heavy atom. The van der Waals surface area contributed by atoms with Crippen LogP contribution in [0.2, 0.25) is 0 Å². The number of hydrogen-bond acceptors (Lipinski definition) is 5. The van der Waals surface area contributed by atoms with Crippen LogP contribution in [0.5, 0.6) is 0 Å². The summed E-state index contributed by atoms with van der Waals surface area (Å²) in [6.45, 7) is 2.18. The van der Waals surface area contributed by atoms with E-state index in [0.717, 1.165) is 28.5 Å². The molecule has 1 aromatic carbocycles. The van der Waals surface area contributed by atoms with Crippen molar-refractivity contribution in [1.29, 1.82) is 0 Å². The molecule has 0 N–H and O–H groups in total. The highest BCUT2D eigenvalue weighted by Crippen LogP contribution is 2.23. The number of aromatic nitrogens is 4. The van der Waals surface area contributed by atoms with Crippen LogP contribution in [0.15, 0.2) is 53.9 Å². The van der Waals surface area contributed by atoms with Crippen LogP contribution in [0.1, 0.15) is 35.7 Å². The summed E-state index contributed by atoms with van der Waals surface area (Å²) in [4.78, 5) is 16.5. The van der Waals surface area contributed by atoms with E-state index in [4.69, 9.17) is 0 Å². The number of thioether (sulfide) groups is 1. The van der Waals surface area contributed by atoms with Gasteiger partial charge in [-0.2, -0.15) is 0 Å². The summed E-state index contributed by atoms with van der Waals surface area (Å²) in [7, 11) is 1.91. The first-order valence-electron chi connectivity index (χ1n) is 8.73. The Morgan fingerprint density at radius 3 is 2.50 bits per heavy atom. The second kappa shape index (κ2) is 8.76. The van der Waals surface area contributed by atoms with Gasteiger partial charge in [0.2, 0.25) is 0 Å². The van der Waals surface area contributed by atoms with E-state index in [1.54, 1.807) is 12.4 Å². The van der Waals surface area contributed by atoms with E-state index in [9.17, 15) is 4.79 Å². The Balaban J connectivity index is 1.62. The molecule has 0 unspecified atom stereocenters. The van der Waals surface area contributed by atoms with E-state index in [-0.39, 0.29) is 5.78 Å². The van der Waals surface area contributed by atoms with Gasteiger partial charge in [-0.05, 0) is 30.5 Å². The predicted molar refractivity (Wildman–Crippen MR) is 104 cm³/mol. The third kappa shape index (κ3) is 4.38. The van der Waals surface area contributed by atoms with E-state index in [1.165, 1.54) is 30.2 Å². The molecule has 2 heterocycles. The van der Waals surface area contributed by atoms with Crippen LogP contribution in [0, 0.1) is 0 Å². The summed E-state index contributed by atoms with van der Waals surface area (Å²) in [6.07, 6.45) is 6.87. The van der Waals surface area contributed by atoms with Gasteiger partial charge in [0.1, 0.15) is 0 Å². The Kier molecular flexibility index (Phi) is 6.17. The number of rotatable bonds is 8. The minimum Gasteiger partial charge on any atom is -0.305 e. The lowest BCUT2D eigenvalue weighted by atomic mass is 10.1. The molecule has 26 heavy (non-hydrogen) atoms. The minimum atomic E-state index is 0.102. The van der Waals surface area contributed by atoms with E-state index >= 15 is 0 Å². The molecule has 2 aromatic heterocycles. The topological polar surface area (TPSA) is 60.7 Å². The molecule has 0 fully saturated rings. The van der Waals surface area contributed by atoms with Crippen molar-refractivity contribution >= 4 is 17.5 Å². The summed E-state index contributed by atoms with van der Waals surface area (Å²) in [5.41, 5.74) is 2.98. The monoisotopic (exact) mass is 366 g/mol. The van der Waals surface area contributed by atoms with Crippen molar-refractivity contribution in [3.05, 3.63) is 59.9 Å². The Labute approximate surface area is 157 Å². The van der Waals surface area contributed by atoms with Crippen molar-refractivity contribution in [1.82, 2.24) is 19.7 Å². The van der Waals surface area contributed by atoms with Gasteiger partial charge in [-0.25, -0.2) is 0 Å². The second-order valence-corrected chi connectivity index (χ2v) is 7.06. The SMILES string of the molecule is CCCCc1ccc(C(=O)CSc2nnc(-c3ccncc3)n2C)cc1. The van der Waals surface area contributed by atoms with Crippen LogP contribution in [-0.2, 0) is 13.5 Å². The maximum absolute atomic E-state index is 12.4. The third-order valence-electron chi connectivity index (χ3n) is 4.20. The van der Waals surface area contributed by atoms with E-state index < -0.39 is 0 Å². The molecule has 0 aliphatic rings. The van der Waals surface area contributed by atoms with Gasteiger partial charge in [-0.15, -0.1) is 10.2 Å². The number of hydrogen-bond donors (Lipinski definition) is 0. The first kappa shape index (κ1) is 18.3. The van der Waals surface area contributed by atoms with Crippen molar-refractivity contribution in [2.24, 2.45) is 7.05 Å². The highest BCUT2D eigenvalue weighted by molar-refractivity contribution is 7.99. The van der Waals surface area contributed by atoms with Crippen molar-refractivity contribution in [3.63, 3.8) is 0 Å². The van der Waals surface area contributed by atoms with Crippen molar-refractivity contribution in [2.45, 2.75) is 31.3 Å². The molecular formula is C20H22N4OS. The lowest BCUT2D eigenvalue weighted by molar-refractivity contribution is 0.102. The standard InChI is InChI=1S/C20H22N4OS/c1-3-4-5-15-6-8-16(9-7-15)18(25)14-26-20-23-22-19(24(20)2)17-10-12-21-13-11-17/h6-13H,3-5,14H2,1-2H3. The number of aryl methyl sites for hydroxylation is 1. The first-order chi connectivity index (χ1) is 12.7. The van der Waals surface area contributed by atoms with Crippen LogP contribution >= 0.6 is 11.8 Å². The smallest absolute Gasteiger partial charge is 0.191 e. The molecule has 0 atom stereocenters. The molecule has 3 aromatic rings. The zero-order valence-corrected chi connectivity index (χ0v) is 15.9. The quantitative estimate of drug-likeness (QED) is 0.442. The van der Waals surface area contributed by atoms with Crippen molar-refractivity contribution < 1.29 is 4.79 Å². The largest absolute Gasteiger partial charge is 0.305 e. The molecule has 0 saturated carbocycles. The number of Topliss-reactive ketones (excluding diaryl/α,β-unsaturated/α-hetero) is 1. The van der Waals surface area contributed by atoms with Gasteiger partial charge in [0.15, 0.2) is 16.8 Å². The molecular weight excluding hydrogens is 344 g/mol. The minimum absolute atomic E-state index is 0.102. The summed E-state index contributed by atoms with van der Waals surface area (Å²) in [5.74, 6) is 1.21. The fraction of sp³-hybridized carbons (Fsp3) is 0.300. The van der Waals surface area contributed by atoms with E-state index in [1.807, 2.05) is 35.9 Å². The lowest BCUT2D eigenvalue weighted by Crippen LogP contribution is -2.04. The number of unbranched alkanes of at least 4 members (excludes halogenated alkanes) is 1. The van der Waals surface area contributed by atoms with Crippen LogP contribution in [-0.4, -0.2) is 31.3 Å². The summed E-state index contributed by atoms with van der Waals surface area (Å²) < 4.78 is 1.90. The molecule has 0 amide bonds. The van der Waals surface area contributed by atoms with Gasteiger partial charge in [-0.1, -0.05) is 49.4 Å². The molecule has 6 heteroatoms. The molecule has 0 aliphatic carbocycles. The Bertz CT molecular complexity index is 859. The Hall–Kier alpha value is -2.47. The number of ketones is 1. The van der Waals surface area contributed by atoms with E-state index in [0.29, 0.717) is 5.75 Å². The molecule has 134 valence electrons. The predicted octanol–water partition coefficient (Wildman–Crippen LogP) is 4.19. The van der Waals surface area contributed by atoms with Gasteiger partial charge in [0.25, 0.3) is 0 Å². The van der Waals surface area contributed by atoms with E-state index in [2.05, 4.69) is 34.2 Å². The zero-order valence-electron chi connectivity index (χ0n) is 15.1. The van der Waals surface area contributed by atoms with Crippen LogP contribution in [0.3, 0.4) is 0 Å². The second-order valence-electron chi connectivity index (χ2n) is 6.11. The van der Waals surface area contributed by atoms with Gasteiger partial charge in [-0.3, -0.25) is 9.78 Å². The van der Waals surface area contributed by atoms with Crippen molar-refractivity contribution in [3.8, 4) is 11.4 Å². The average Bonchev–Trinajstić information content (AvgIpc) is 3.06. The molecule has 0 aliphatic heterocycles. The van der Waals surface area contributed by atoms with Crippen molar-refractivity contribution in [2.75, 3.05) is 5.75 Å². The highest BCUT2D eigenvalue weighted by atomic mass is 32.2. The summed E-state index contributed by atoms with van der Waals surface area (Å²) in [6, 6.07) is 11.7.